The van der Waals surface area contributed by atoms with Gasteiger partial charge in [-0.3, -0.25) is 0 Å². The lowest BCUT2D eigenvalue weighted by Gasteiger charge is -2.11. The minimum absolute atomic E-state index is 0.645. The van der Waals surface area contributed by atoms with Crippen LogP contribution < -0.4 is 0 Å². The van der Waals surface area contributed by atoms with Crippen molar-refractivity contribution in [2.24, 2.45) is 0 Å². The Kier molecular flexibility index (Phi) is 7.67. The highest BCUT2D eigenvalue weighted by Crippen LogP contribution is 2.43. The first-order chi connectivity index (χ1) is 26.2. The summed E-state index contributed by atoms with van der Waals surface area (Å²) in [4.78, 5) is 14.8. The third-order valence-electron chi connectivity index (χ3n) is 9.91. The van der Waals surface area contributed by atoms with Crippen molar-refractivity contribution in [2.75, 3.05) is 0 Å². The van der Waals surface area contributed by atoms with Crippen molar-refractivity contribution in [1.29, 1.82) is 0 Å². The molecule has 0 aliphatic carbocycles. The molecule has 0 aliphatic heterocycles. The number of hydrogen-bond acceptors (Lipinski definition) is 4. The largest absolute Gasteiger partial charge is 0.208 e. The molecule has 2 aromatic heterocycles. The minimum atomic E-state index is 0.645. The van der Waals surface area contributed by atoms with Crippen LogP contribution in [0.4, 0.5) is 0 Å². The first-order valence-electron chi connectivity index (χ1n) is 17.8. The highest BCUT2D eigenvalue weighted by atomic mass is 32.1. The van der Waals surface area contributed by atoms with Gasteiger partial charge in [0.2, 0.25) is 0 Å². The SMILES string of the molecule is c1ccc(-c2nc(-c3ccccc3)nc(-c3cccc(-c4cccc(-c5cccc(-c6cccc7c6sc6ccc8ccccc8c67)c5)c4)c3)n2)cc1. The van der Waals surface area contributed by atoms with E-state index in [0.717, 1.165) is 27.8 Å². The topological polar surface area (TPSA) is 38.7 Å². The van der Waals surface area contributed by atoms with E-state index >= 15 is 0 Å². The number of fused-ring (bicyclic) bond motifs is 5. The Morgan fingerprint density at radius 2 is 0.774 bits per heavy atom. The molecule has 0 atom stereocenters. The first-order valence-corrected chi connectivity index (χ1v) is 18.6. The van der Waals surface area contributed by atoms with Crippen LogP contribution >= 0.6 is 11.3 Å². The van der Waals surface area contributed by atoms with E-state index in [9.17, 15) is 0 Å². The standard InChI is InChI=1S/C49H31N3S/c1-3-14-33(15-4-1)47-50-48(34-16-5-2-6-17-34)52-49(51-47)40-23-11-21-38(31-40)36-19-9-18-35(29-36)37-20-10-22-39(30-37)42-25-12-26-43-45-41-24-8-7-13-32(41)27-28-44(45)53-46(42)43/h1-31H. The zero-order valence-electron chi connectivity index (χ0n) is 28.6. The molecule has 10 rings (SSSR count). The van der Waals surface area contributed by atoms with Crippen molar-refractivity contribution in [3.8, 4) is 67.5 Å². The summed E-state index contributed by atoms with van der Waals surface area (Å²) in [7, 11) is 0. The summed E-state index contributed by atoms with van der Waals surface area (Å²) in [6.45, 7) is 0. The minimum Gasteiger partial charge on any atom is -0.208 e. The zero-order chi connectivity index (χ0) is 35.1. The molecule has 2 heterocycles. The van der Waals surface area contributed by atoms with Crippen molar-refractivity contribution in [1.82, 2.24) is 15.0 Å². The Bertz CT molecular complexity index is 2890. The Balaban J connectivity index is 1.02. The van der Waals surface area contributed by atoms with Gasteiger partial charge in [-0.1, -0.05) is 164 Å². The van der Waals surface area contributed by atoms with Crippen LogP contribution in [0.3, 0.4) is 0 Å². The van der Waals surface area contributed by atoms with E-state index in [4.69, 9.17) is 15.0 Å². The molecule has 0 radical (unpaired) electrons. The van der Waals surface area contributed by atoms with Crippen LogP contribution in [-0.4, -0.2) is 15.0 Å². The second-order valence-corrected chi connectivity index (χ2v) is 14.3. The maximum atomic E-state index is 4.97. The van der Waals surface area contributed by atoms with Gasteiger partial charge in [0.25, 0.3) is 0 Å². The summed E-state index contributed by atoms with van der Waals surface area (Å²) in [6, 6.07) is 66.4. The molecule has 248 valence electrons. The predicted molar refractivity (Wildman–Crippen MR) is 223 cm³/mol. The quantitative estimate of drug-likeness (QED) is 0.174. The second-order valence-electron chi connectivity index (χ2n) is 13.2. The summed E-state index contributed by atoms with van der Waals surface area (Å²) >= 11 is 1.88. The average molecular weight is 694 g/mol. The Morgan fingerprint density at radius 3 is 1.42 bits per heavy atom. The van der Waals surface area contributed by atoms with Gasteiger partial charge in [0.05, 0.1) is 0 Å². The maximum Gasteiger partial charge on any atom is 0.164 e. The van der Waals surface area contributed by atoms with Gasteiger partial charge in [-0.05, 0) is 68.4 Å². The molecule has 53 heavy (non-hydrogen) atoms. The van der Waals surface area contributed by atoms with Crippen molar-refractivity contribution < 1.29 is 0 Å². The monoisotopic (exact) mass is 693 g/mol. The molecule has 0 saturated carbocycles. The normalized spacial score (nSPS) is 11.4. The summed E-state index contributed by atoms with van der Waals surface area (Å²) in [5.74, 6) is 1.95. The fraction of sp³-hybridized carbons (Fsp3) is 0. The maximum absolute atomic E-state index is 4.97. The molecule has 3 nitrogen and oxygen atoms in total. The van der Waals surface area contributed by atoms with Crippen LogP contribution in [0.25, 0.3) is 98.5 Å². The fourth-order valence-corrected chi connectivity index (χ4v) is 8.57. The average Bonchev–Trinajstić information content (AvgIpc) is 3.64. The third kappa shape index (κ3) is 5.76. The van der Waals surface area contributed by atoms with E-state index in [1.165, 1.54) is 53.2 Å². The molecule has 10 aromatic rings. The molecule has 8 aromatic carbocycles. The number of nitrogens with zero attached hydrogens (tertiary/aromatic N) is 3. The van der Waals surface area contributed by atoms with Crippen molar-refractivity contribution in [3.05, 3.63) is 188 Å². The van der Waals surface area contributed by atoms with Crippen LogP contribution in [0.1, 0.15) is 0 Å². The van der Waals surface area contributed by atoms with Gasteiger partial charge in [-0.2, -0.15) is 0 Å². The van der Waals surface area contributed by atoms with E-state index in [1.54, 1.807) is 0 Å². The Hall–Kier alpha value is -6.75. The number of rotatable bonds is 6. The fourth-order valence-electron chi connectivity index (χ4n) is 7.32. The molecule has 0 bridgehead atoms. The van der Waals surface area contributed by atoms with Gasteiger partial charge in [0, 0.05) is 36.9 Å². The summed E-state index contributed by atoms with van der Waals surface area (Å²) in [5.41, 5.74) is 9.92. The number of hydrogen-bond donors (Lipinski definition) is 0. The molecular formula is C49H31N3S. The molecular weight excluding hydrogens is 663 g/mol. The predicted octanol–water partition coefficient (Wildman–Crippen LogP) is 13.4. The highest BCUT2D eigenvalue weighted by molar-refractivity contribution is 7.26. The molecule has 4 heteroatoms. The molecule has 0 N–H and O–H groups in total. The second kappa shape index (κ2) is 13.1. The van der Waals surface area contributed by atoms with E-state index in [1.807, 2.05) is 72.0 Å². The molecule has 0 aliphatic rings. The molecule has 0 unspecified atom stereocenters. The van der Waals surface area contributed by atoms with Crippen LogP contribution in [0.2, 0.25) is 0 Å². The summed E-state index contributed by atoms with van der Waals surface area (Å²) < 4.78 is 2.65. The summed E-state index contributed by atoms with van der Waals surface area (Å²) in [6.07, 6.45) is 0. The van der Waals surface area contributed by atoms with Gasteiger partial charge in [0.1, 0.15) is 0 Å². The van der Waals surface area contributed by atoms with Crippen LogP contribution in [-0.2, 0) is 0 Å². The zero-order valence-corrected chi connectivity index (χ0v) is 29.5. The van der Waals surface area contributed by atoms with Crippen molar-refractivity contribution in [3.63, 3.8) is 0 Å². The smallest absolute Gasteiger partial charge is 0.164 e. The summed E-state index contributed by atoms with van der Waals surface area (Å²) in [5, 5.41) is 5.25. The van der Waals surface area contributed by atoms with E-state index in [0.29, 0.717) is 17.5 Å². The molecule has 0 saturated heterocycles. The van der Waals surface area contributed by atoms with Crippen LogP contribution in [0, 0.1) is 0 Å². The number of aromatic nitrogens is 3. The van der Waals surface area contributed by atoms with E-state index in [-0.39, 0.29) is 0 Å². The molecule has 0 amide bonds. The van der Waals surface area contributed by atoms with Gasteiger partial charge >= 0.3 is 0 Å². The lowest BCUT2D eigenvalue weighted by Crippen LogP contribution is -2.00. The van der Waals surface area contributed by atoms with Crippen molar-refractivity contribution >= 4 is 42.3 Å². The van der Waals surface area contributed by atoms with Gasteiger partial charge < -0.3 is 0 Å². The van der Waals surface area contributed by atoms with Gasteiger partial charge in [-0.25, -0.2) is 15.0 Å². The van der Waals surface area contributed by atoms with Gasteiger partial charge in [0.15, 0.2) is 17.5 Å². The van der Waals surface area contributed by atoms with Crippen LogP contribution in [0.15, 0.2) is 188 Å². The van der Waals surface area contributed by atoms with E-state index in [2.05, 4.69) is 127 Å². The Morgan fingerprint density at radius 1 is 0.321 bits per heavy atom. The third-order valence-corrected chi connectivity index (χ3v) is 11.1. The molecule has 0 spiro atoms. The molecule has 0 fully saturated rings. The number of thiophene rings is 1. The highest BCUT2D eigenvalue weighted by Gasteiger charge is 2.15. The lowest BCUT2D eigenvalue weighted by molar-refractivity contribution is 1.07. The lowest BCUT2D eigenvalue weighted by atomic mass is 9.95. The van der Waals surface area contributed by atoms with Crippen molar-refractivity contribution in [2.45, 2.75) is 0 Å². The first kappa shape index (κ1) is 31.0. The number of benzene rings is 8. The van der Waals surface area contributed by atoms with Crippen LogP contribution in [0.5, 0.6) is 0 Å². The Labute approximate surface area is 311 Å². The van der Waals surface area contributed by atoms with E-state index < -0.39 is 0 Å². The van der Waals surface area contributed by atoms with Gasteiger partial charge in [-0.15, -0.1) is 11.3 Å².